The van der Waals surface area contributed by atoms with Gasteiger partial charge in [-0.2, -0.15) is 0 Å². The van der Waals surface area contributed by atoms with E-state index in [0.717, 1.165) is 36.9 Å². The maximum absolute atomic E-state index is 10.4. The van der Waals surface area contributed by atoms with Gasteiger partial charge in [0, 0.05) is 13.5 Å². The molecule has 0 radical (unpaired) electrons. The van der Waals surface area contributed by atoms with Crippen molar-refractivity contribution < 1.29 is 9.53 Å². The van der Waals surface area contributed by atoms with Gasteiger partial charge in [-0.05, 0) is 62.7 Å². The summed E-state index contributed by atoms with van der Waals surface area (Å²) in [6.07, 6.45) is 14.4. The van der Waals surface area contributed by atoms with Crippen LogP contribution in [0.15, 0.2) is 0 Å². The topological polar surface area (TPSA) is 26.3 Å². The lowest BCUT2D eigenvalue weighted by Crippen LogP contribution is -2.28. The highest BCUT2D eigenvalue weighted by Gasteiger charge is 2.30. The second-order valence-electron chi connectivity index (χ2n) is 6.30. The Labute approximate surface area is 111 Å². The molecule has 0 aromatic rings. The molecule has 0 heterocycles. The lowest BCUT2D eigenvalue weighted by atomic mass is 9.70. The second-order valence-corrected chi connectivity index (χ2v) is 6.30. The Morgan fingerprint density at radius 2 is 1.50 bits per heavy atom. The molecule has 0 aromatic carbocycles. The van der Waals surface area contributed by atoms with Gasteiger partial charge < -0.3 is 9.53 Å². The number of carbonyl (C=O) groups excluding carboxylic acids is 1. The largest absolute Gasteiger partial charge is 0.381 e. The van der Waals surface area contributed by atoms with Crippen LogP contribution in [0.2, 0.25) is 0 Å². The third kappa shape index (κ3) is 3.81. The van der Waals surface area contributed by atoms with Gasteiger partial charge in [-0.15, -0.1) is 0 Å². The zero-order valence-corrected chi connectivity index (χ0v) is 11.8. The minimum absolute atomic E-state index is 0.533. The van der Waals surface area contributed by atoms with E-state index in [0.29, 0.717) is 6.10 Å². The van der Waals surface area contributed by atoms with Crippen molar-refractivity contribution in [1.82, 2.24) is 0 Å². The zero-order valence-electron chi connectivity index (χ0n) is 11.8. The lowest BCUT2D eigenvalue weighted by molar-refractivity contribution is -0.108. The summed E-state index contributed by atoms with van der Waals surface area (Å²) in [6, 6.07) is 0. The number of rotatable bonds is 5. The van der Waals surface area contributed by atoms with E-state index in [9.17, 15) is 4.79 Å². The van der Waals surface area contributed by atoms with Gasteiger partial charge in [-0.1, -0.05) is 12.8 Å². The molecule has 2 nitrogen and oxygen atoms in total. The summed E-state index contributed by atoms with van der Waals surface area (Å²) in [6.45, 7) is 0. The molecular weight excluding hydrogens is 224 g/mol. The Morgan fingerprint density at radius 3 is 2.00 bits per heavy atom. The van der Waals surface area contributed by atoms with E-state index in [2.05, 4.69) is 0 Å². The molecule has 0 saturated heterocycles. The predicted octanol–water partition coefficient (Wildman–Crippen LogP) is 3.98. The summed E-state index contributed by atoms with van der Waals surface area (Å²) in [5.41, 5.74) is 0. The minimum atomic E-state index is 0.533. The van der Waals surface area contributed by atoms with E-state index < -0.39 is 0 Å². The van der Waals surface area contributed by atoms with Crippen molar-refractivity contribution in [1.29, 1.82) is 0 Å². The summed E-state index contributed by atoms with van der Waals surface area (Å²) in [5.74, 6) is 2.76. The van der Waals surface area contributed by atoms with Crippen LogP contribution in [0.1, 0.15) is 64.2 Å². The first-order valence-electron chi connectivity index (χ1n) is 7.80. The lowest BCUT2D eigenvalue weighted by Gasteiger charge is -2.37. The van der Waals surface area contributed by atoms with Crippen molar-refractivity contribution in [3.05, 3.63) is 0 Å². The molecule has 0 unspecified atom stereocenters. The van der Waals surface area contributed by atoms with E-state index in [4.69, 9.17) is 4.74 Å². The average Bonchev–Trinajstić information content (AvgIpc) is 2.46. The molecule has 0 aliphatic heterocycles. The van der Waals surface area contributed by atoms with Gasteiger partial charge in [0.05, 0.1) is 6.10 Å². The van der Waals surface area contributed by atoms with Crippen molar-refractivity contribution in [3.8, 4) is 0 Å². The van der Waals surface area contributed by atoms with E-state index in [1.807, 2.05) is 7.11 Å². The number of methoxy groups -OCH3 is 1. The van der Waals surface area contributed by atoms with Crippen molar-refractivity contribution in [2.24, 2.45) is 17.8 Å². The van der Waals surface area contributed by atoms with Gasteiger partial charge in [-0.3, -0.25) is 0 Å². The van der Waals surface area contributed by atoms with Gasteiger partial charge in [0.25, 0.3) is 0 Å². The van der Waals surface area contributed by atoms with Crippen molar-refractivity contribution in [2.45, 2.75) is 70.3 Å². The monoisotopic (exact) mass is 252 g/mol. The third-order valence-electron chi connectivity index (χ3n) is 5.30. The highest BCUT2D eigenvalue weighted by Crippen LogP contribution is 2.41. The molecule has 0 spiro atoms. The fraction of sp³-hybridized carbons (Fsp3) is 0.938. The number of carbonyl (C=O) groups is 1. The first-order valence-corrected chi connectivity index (χ1v) is 7.80. The highest BCUT2D eigenvalue weighted by atomic mass is 16.5. The second kappa shape index (κ2) is 7.28. The molecule has 2 saturated carbocycles. The van der Waals surface area contributed by atoms with E-state index in [1.54, 1.807) is 0 Å². The Balaban J connectivity index is 1.68. The molecule has 2 heteroatoms. The maximum Gasteiger partial charge on any atom is 0.120 e. The van der Waals surface area contributed by atoms with Gasteiger partial charge in [-0.25, -0.2) is 0 Å². The van der Waals surface area contributed by atoms with Crippen LogP contribution >= 0.6 is 0 Å². The summed E-state index contributed by atoms with van der Waals surface area (Å²) in [7, 11) is 1.85. The third-order valence-corrected chi connectivity index (χ3v) is 5.30. The quantitative estimate of drug-likeness (QED) is 0.692. The molecule has 2 rings (SSSR count). The van der Waals surface area contributed by atoms with Crippen LogP contribution in [0, 0.1) is 17.8 Å². The van der Waals surface area contributed by atoms with Crippen molar-refractivity contribution >= 4 is 6.29 Å². The fourth-order valence-corrected chi connectivity index (χ4v) is 4.05. The van der Waals surface area contributed by atoms with Crippen LogP contribution in [-0.2, 0) is 9.53 Å². The molecule has 2 aliphatic carbocycles. The van der Waals surface area contributed by atoms with Gasteiger partial charge in [0.15, 0.2) is 0 Å². The number of ether oxygens (including phenoxy) is 1. The molecule has 2 aliphatic rings. The van der Waals surface area contributed by atoms with Crippen LogP contribution in [0.3, 0.4) is 0 Å². The Bertz CT molecular complexity index is 235. The van der Waals surface area contributed by atoms with Crippen LogP contribution in [0.4, 0.5) is 0 Å². The van der Waals surface area contributed by atoms with Crippen LogP contribution in [0.25, 0.3) is 0 Å². The van der Waals surface area contributed by atoms with E-state index in [-0.39, 0.29) is 0 Å². The summed E-state index contributed by atoms with van der Waals surface area (Å²) in [5, 5.41) is 0. The molecule has 2 fully saturated rings. The van der Waals surface area contributed by atoms with E-state index in [1.165, 1.54) is 51.4 Å². The molecule has 0 N–H and O–H groups in total. The highest BCUT2D eigenvalue weighted by molar-refractivity contribution is 5.49. The molecule has 0 atom stereocenters. The average molecular weight is 252 g/mol. The standard InChI is InChI=1S/C16H28O2/c1-18-16-10-8-15(9-11-16)14-6-4-13(5-7-14)3-2-12-17/h12-16H,2-11H2,1H3/t13?,14?,15-,16-. The van der Waals surface area contributed by atoms with E-state index >= 15 is 0 Å². The maximum atomic E-state index is 10.4. The molecule has 0 bridgehead atoms. The molecule has 0 aromatic heterocycles. The summed E-state index contributed by atoms with van der Waals surface area (Å²) < 4.78 is 5.46. The van der Waals surface area contributed by atoms with Crippen molar-refractivity contribution in [2.75, 3.05) is 7.11 Å². The van der Waals surface area contributed by atoms with Gasteiger partial charge >= 0.3 is 0 Å². The van der Waals surface area contributed by atoms with Crippen molar-refractivity contribution in [3.63, 3.8) is 0 Å². The molecular formula is C16H28O2. The van der Waals surface area contributed by atoms with Crippen LogP contribution in [-0.4, -0.2) is 19.5 Å². The first-order chi connectivity index (χ1) is 8.83. The predicted molar refractivity (Wildman–Crippen MR) is 73.5 cm³/mol. The number of aldehydes is 1. The Hall–Kier alpha value is -0.370. The molecule has 104 valence electrons. The number of hydrogen-bond donors (Lipinski definition) is 0. The smallest absolute Gasteiger partial charge is 0.120 e. The molecule has 0 amide bonds. The van der Waals surface area contributed by atoms with Gasteiger partial charge in [0.2, 0.25) is 0 Å². The zero-order chi connectivity index (χ0) is 12.8. The fourth-order valence-electron chi connectivity index (χ4n) is 4.05. The van der Waals surface area contributed by atoms with Crippen LogP contribution in [0.5, 0.6) is 0 Å². The molecule has 18 heavy (non-hydrogen) atoms. The van der Waals surface area contributed by atoms with Gasteiger partial charge in [0.1, 0.15) is 6.29 Å². The SMILES string of the molecule is CO[C@H]1CC[C@H](C2CCC(CCC=O)CC2)CC1. The normalized spacial score (nSPS) is 37.4. The first kappa shape index (κ1) is 14.0. The number of hydrogen-bond acceptors (Lipinski definition) is 2. The summed E-state index contributed by atoms with van der Waals surface area (Å²) in [4.78, 5) is 10.4. The minimum Gasteiger partial charge on any atom is -0.381 e. The Kier molecular flexibility index (Phi) is 5.68. The van der Waals surface area contributed by atoms with Crippen LogP contribution < -0.4 is 0 Å². The summed E-state index contributed by atoms with van der Waals surface area (Å²) >= 11 is 0. The Morgan fingerprint density at radius 1 is 0.944 bits per heavy atom.